The molecule has 112 valence electrons. The van der Waals surface area contributed by atoms with E-state index in [0.29, 0.717) is 5.56 Å². The Balaban J connectivity index is 2.28. The van der Waals surface area contributed by atoms with Crippen LogP contribution in [0.25, 0.3) is 0 Å². The highest BCUT2D eigenvalue weighted by molar-refractivity contribution is 5.44. The van der Waals surface area contributed by atoms with Gasteiger partial charge in [-0.2, -0.15) is 0 Å². The fraction of sp³-hybridized carbons (Fsp3) is 0.333. The Morgan fingerprint density at radius 3 is 2.52 bits per heavy atom. The Kier molecular flexibility index (Phi) is 4.21. The van der Waals surface area contributed by atoms with E-state index in [1.165, 1.54) is 0 Å². The lowest BCUT2D eigenvalue weighted by Crippen LogP contribution is -2.14. The van der Waals surface area contributed by atoms with Crippen molar-refractivity contribution in [1.29, 1.82) is 0 Å². The van der Waals surface area contributed by atoms with Gasteiger partial charge in [0.2, 0.25) is 0 Å². The number of ether oxygens (including phenoxy) is 1. The van der Waals surface area contributed by atoms with Crippen LogP contribution in [-0.2, 0) is 12.0 Å². The number of halogens is 1. The summed E-state index contributed by atoms with van der Waals surface area (Å²) in [6.45, 7) is 8.58. The summed E-state index contributed by atoms with van der Waals surface area (Å²) in [5, 5.41) is 0. The van der Waals surface area contributed by atoms with E-state index in [4.69, 9.17) is 10.5 Å². The van der Waals surface area contributed by atoms with Crippen LogP contribution in [0.15, 0.2) is 36.4 Å². The molecule has 0 radical (unpaired) electrons. The minimum absolute atomic E-state index is 0.0305. The fourth-order valence-electron chi connectivity index (χ4n) is 2.24. The molecule has 2 aromatic carbocycles. The molecule has 0 bridgehead atoms. The molecule has 0 aliphatic carbocycles. The van der Waals surface area contributed by atoms with Crippen molar-refractivity contribution in [2.45, 2.75) is 39.7 Å². The summed E-state index contributed by atoms with van der Waals surface area (Å²) in [7, 11) is 0. The number of hydrogen-bond donors (Lipinski definition) is 1. The molecule has 21 heavy (non-hydrogen) atoms. The minimum Gasteiger partial charge on any atom is -0.488 e. The summed E-state index contributed by atoms with van der Waals surface area (Å²) in [5.41, 5.74) is 8.40. The van der Waals surface area contributed by atoms with Gasteiger partial charge in [-0.25, -0.2) is 4.39 Å². The van der Waals surface area contributed by atoms with E-state index in [1.54, 1.807) is 18.2 Å². The van der Waals surface area contributed by atoms with E-state index in [0.717, 1.165) is 16.9 Å². The van der Waals surface area contributed by atoms with Gasteiger partial charge in [-0.1, -0.05) is 45.0 Å². The molecule has 0 amide bonds. The van der Waals surface area contributed by atoms with E-state index in [2.05, 4.69) is 32.9 Å². The zero-order chi connectivity index (χ0) is 15.6. The molecular formula is C18H22FNO. The molecule has 2 nitrogen and oxygen atoms in total. The highest BCUT2D eigenvalue weighted by Crippen LogP contribution is 2.32. The maximum atomic E-state index is 13.9. The van der Waals surface area contributed by atoms with Crippen LogP contribution in [0.5, 0.6) is 5.75 Å². The zero-order valence-electron chi connectivity index (χ0n) is 13.0. The molecular weight excluding hydrogens is 265 g/mol. The topological polar surface area (TPSA) is 35.2 Å². The summed E-state index contributed by atoms with van der Waals surface area (Å²) >= 11 is 0. The van der Waals surface area contributed by atoms with Crippen molar-refractivity contribution in [2.75, 3.05) is 5.73 Å². The second-order valence-electron chi connectivity index (χ2n) is 6.36. The molecule has 0 atom stereocenters. The van der Waals surface area contributed by atoms with Gasteiger partial charge in [0.1, 0.15) is 12.4 Å². The maximum absolute atomic E-state index is 13.9. The first-order chi connectivity index (χ1) is 9.79. The van der Waals surface area contributed by atoms with Gasteiger partial charge >= 0.3 is 0 Å². The first kappa shape index (κ1) is 15.4. The molecule has 0 heterocycles. The van der Waals surface area contributed by atoms with Crippen LogP contribution in [0.1, 0.15) is 37.5 Å². The standard InChI is InChI=1S/C18H22FNO/c1-12-8-9-14(18(2,3)4)16(10-12)21-11-13-6-5-7-15(20)17(13)19/h5-10H,11,20H2,1-4H3. The number of hydrogen-bond acceptors (Lipinski definition) is 2. The molecule has 0 unspecified atom stereocenters. The van der Waals surface area contributed by atoms with Crippen molar-refractivity contribution in [3.8, 4) is 5.75 Å². The molecule has 0 aliphatic heterocycles. The smallest absolute Gasteiger partial charge is 0.152 e. The molecule has 0 fully saturated rings. The summed E-state index contributed by atoms with van der Waals surface area (Å²) in [6, 6.07) is 11.1. The lowest BCUT2D eigenvalue weighted by molar-refractivity contribution is 0.292. The van der Waals surface area contributed by atoms with E-state index < -0.39 is 5.82 Å². The summed E-state index contributed by atoms with van der Waals surface area (Å²) in [4.78, 5) is 0. The lowest BCUT2D eigenvalue weighted by atomic mass is 9.86. The number of nitrogen functional groups attached to an aromatic ring is 1. The molecule has 2 N–H and O–H groups in total. The quantitative estimate of drug-likeness (QED) is 0.838. The van der Waals surface area contributed by atoms with Crippen LogP contribution in [0.4, 0.5) is 10.1 Å². The Morgan fingerprint density at radius 2 is 1.86 bits per heavy atom. The third-order valence-electron chi connectivity index (χ3n) is 3.44. The second-order valence-corrected chi connectivity index (χ2v) is 6.36. The molecule has 0 saturated carbocycles. The van der Waals surface area contributed by atoms with E-state index >= 15 is 0 Å². The highest BCUT2D eigenvalue weighted by atomic mass is 19.1. The van der Waals surface area contributed by atoms with Crippen molar-refractivity contribution in [3.63, 3.8) is 0 Å². The predicted molar refractivity (Wildman–Crippen MR) is 85.0 cm³/mol. The van der Waals surface area contributed by atoms with Gasteiger partial charge in [0.05, 0.1) is 5.69 Å². The summed E-state index contributed by atoms with van der Waals surface area (Å²) in [5.74, 6) is 0.395. The Hall–Kier alpha value is -2.03. The summed E-state index contributed by atoms with van der Waals surface area (Å²) < 4.78 is 19.8. The van der Waals surface area contributed by atoms with Gasteiger partial charge in [-0.15, -0.1) is 0 Å². The fourth-order valence-corrected chi connectivity index (χ4v) is 2.24. The van der Waals surface area contributed by atoms with Crippen LogP contribution < -0.4 is 10.5 Å². The van der Waals surface area contributed by atoms with Gasteiger partial charge in [-0.05, 0) is 35.6 Å². The number of rotatable bonds is 3. The molecule has 2 aromatic rings. The highest BCUT2D eigenvalue weighted by Gasteiger charge is 2.19. The van der Waals surface area contributed by atoms with Gasteiger partial charge in [0.25, 0.3) is 0 Å². The van der Waals surface area contributed by atoms with Crippen molar-refractivity contribution in [2.24, 2.45) is 0 Å². The monoisotopic (exact) mass is 287 g/mol. The van der Waals surface area contributed by atoms with E-state index in [9.17, 15) is 4.39 Å². The Morgan fingerprint density at radius 1 is 1.14 bits per heavy atom. The second kappa shape index (κ2) is 5.76. The molecule has 0 aromatic heterocycles. The molecule has 0 saturated heterocycles. The zero-order valence-corrected chi connectivity index (χ0v) is 13.0. The van der Waals surface area contributed by atoms with Crippen LogP contribution in [0.3, 0.4) is 0 Å². The minimum atomic E-state index is -0.400. The van der Waals surface area contributed by atoms with Crippen LogP contribution in [0, 0.1) is 12.7 Å². The molecule has 0 aliphatic rings. The first-order valence-corrected chi connectivity index (χ1v) is 7.06. The van der Waals surface area contributed by atoms with Crippen molar-refractivity contribution < 1.29 is 9.13 Å². The van der Waals surface area contributed by atoms with Crippen molar-refractivity contribution in [1.82, 2.24) is 0 Å². The number of nitrogens with two attached hydrogens (primary N) is 1. The lowest BCUT2D eigenvalue weighted by Gasteiger charge is -2.23. The molecule has 3 heteroatoms. The number of aryl methyl sites for hydroxylation is 1. The SMILES string of the molecule is Cc1ccc(C(C)(C)C)c(OCc2cccc(N)c2F)c1. The van der Waals surface area contributed by atoms with Gasteiger partial charge in [0.15, 0.2) is 5.82 Å². The third kappa shape index (κ3) is 3.54. The third-order valence-corrected chi connectivity index (χ3v) is 3.44. The Labute approximate surface area is 125 Å². The average Bonchev–Trinajstić information content (AvgIpc) is 2.39. The first-order valence-electron chi connectivity index (χ1n) is 7.06. The normalized spacial score (nSPS) is 11.5. The molecule has 2 rings (SSSR count). The van der Waals surface area contributed by atoms with Crippen molar-refractivity contribution in [3.05, 3.63) is 58.9 Å². The van der Waals surface area contributed by atoms with Gasteiger partial charge in [-0.3, -0.25) is 0 Å². The average molecular weight is 287 g/mol. The maximum Gasteiger partial charge on any atom is 0.152 e. The number of anilines is 1. The van der Waals surface area contributed by atoms with E-state index in [-0.39, 0.29) is 17.7 Å². The van der Waals surface area contributed by atoms with Crippen LogP contribution in [0.2, 0.25) is 0 Å². The predicted octanol–water partition coefficient (Wildman–Crippen LogP) is 4.59. The summed E-state index contributed by atoms with van der Waals surface area (Å²) in [6.07, 6.45) is 0. The van der Waals surface area contributed by atoms with Crippen LogP contribution >= 0.6 is 0 Å². The van der Waals surface area contributed by atoms with Crippen molar-refractivity contribution >= 4 is 5.69 Å². The molecule has 0 spiro atoms. The number of benzene rings is 2. The Bertz CT molecular complexity index is 644. The largest absolute Gasteiger partial charge is 0.488 e. The van der Waals surface area contributed by atoms with E-state index in [1.807, 2.05) is 13.0 Å². The van der Waals surface area contributed by atoms with Gasteiger partial charge < -0.3 is 10.5 Å². The van der Waals surface area contributed by atoms with Crippen LogP contribution in [-0.4, -0.2) is 0 Å². The van der Waals surface area contributed by atoms with Gasteiger partial charge in [0, 0.05) is 5.56 Å².